The van der Waals surface area contributed by atoms with Crippen LogP contribution in [0.15, 0.2) is 24.3 Å². The van der Waals surface area contributed by atoms with Gasteiger partial charge in [0.25, 0.3) is 0 Å². The third-order valence-electron chi connectivity index (χ3n) is 3.19. The Morgan fingerprint density at radius 2 is 1.95 bits per heavy atom. The van der Waals surface area contributed by atoms with Crippen LogP contribution in [0.3, 0.4) is 0 Å². The molecule has 3 nitrogen and oxygen atoms in total. The molecule has 20 heavy (non-hydrogen) atoms. The smallest absolute Gasteiger partial charge is 0.227 e. The highest BCUT2D eigenvalue weighted by Crippen LogP contribution is 2.22. The van der Waals surface area contributed by atoms with Gasteiger partial charge in [0.05, 0.1) is 18.6 Å². The zero-order valence-corrected chi connectivity index (χ0v) is 12.6. The van der Waals surface area contributed by atoms with Gasteiger partial charge in [-0.3, -0.25) is 4.79 Å². The molecule has 0 radical (unpaired) electrons. The van der Waals surface area contributed by atoms with Crippen LogP contribution in [0.2, 0.25) is 0 Å². The van der Waals surface area contributed by atoms with Crippen molar-refractivity contribution in [2.45, 2.75) is 46.1 Å². The van der Waals surface area contributed by atoms with Crippen LogP contribution < -0.4 is 5.32 Å². The first-order chi connectivity index (χ1) is 9.24. The van der Waals surface area contributed by atoms with Crippen LogP contribution in [0, 0.1) is 11.2 Å². The molecule has 1 rings (SSSR count). The number of halogens is 1. The Morgan fingerprint density at radius 3 is 2.45 bits per heavy atom. The molecule has 1 aromatic rings. The quantitative estimate of drug-likeness (QED) is 0.872. The van der Waals surface area contributed by atoms with Crippen molar-refractivity contribution in [3.8, 4) is 0 Å². The number of hydrogen-bond donors (Lipinski definition) is 2. The van der Waals surface area contributed by atoms with Crippen molar-refractivity contribution in [1.82, 2.24) is 5.32 Å². The number of carbonyl (C=O) groups is 1. The number of carbonyl (C=O) groups excluding carboxylic acids is 1. The number of amides is 1. The summed E-state index contributed by atoms with van der Waals surface area (Å²) in [5, 5.41) is 12.1. The summed E-state index contributed by atoms with van der Waals surface area (Å²) in [6, 6.07) is 5.95. The van der Waals surface area contributed by atoms with Gasteiger partial charge in [0.15, 0.2) is 0 Å². The van der Waals surface area contributed by atoms with Crippen LogP contribution in [0.4, 0.5) is 4.39 Å². The van der Waals surface area contributed by atoms with Crippen LogP contribution in [0.25, 0.3) is 0 Å². The van der Waals surface area contributed by atoms with Crippen molar-refractivity contribution in [2.75, 3.05) is 6.61 Å². The average Bonchev–Trinajstić information content (AvgIpc) is 2.36. The zero-order chi connectivity index (χ0) is 15.3. The van der Waals surface area contributed by atoms with Crippen molar-refractivity contribution >= 4 is 5.91 Å². The van der Waals surface area contributed by atoms with Gasteiger partial charge in [-0.1, -0.05) is 39.0 Å². The molecule has 1 aromatic carbocycles. The summed E-state index contributed by atoms with van der Waals surface area (Å²) in [6.07, 6.45) is 0.666. The van der Waals surface area contributed by atoms with Gasteiger partial charge in [0, 0.05) is 0 Å². The van der Waals surface area contributed by atoms with Gasteiger partial charge in [0.1, 0.15) is 5.82 Å². The van der Waals surface area contributed by atoms with Crippen LogP contribution in [0.1, 0.15) is 45.6 Å². The van der Waals surface area contributed by atoms with E-state index in [-0.39, 0.29) is 29.8 Å². The summed E-state index contributed by atoms with van der Waals surface area (Å²) in [5.74, 6) is -1.23. The number of nitrogens with one attached hydrogen (secondary N) is 1. The molecule has 4 heteroatoms. The standard InChI is InChI=1S/C16H24FNO2/c1-11(13-7-5-6-8-14(13)17)15(20)18-12(10-19)9-16(2,3)4/h5-8,11-12,19H,9-10H2,1-4H3,(H,18,20). The fraction of sp³-hybridized carbons (Fsp3) is 0.562. The Balaban J connectivity index is 2.72. The number of benzene rings is 1. The predicted molar refractivity (Wildman–Crippen MR) is 77.9 cm³/mol. The molecule has 0 bridgehead atoms. The average molecular weight is 281 g/mol. The lowest BCUT2D eigenvalue weighted by atomic mass is 9.88. The molecule has 0 aliphatic carbocycles. The third kappa shape index (κ3) is 4.93. The van der Waals surface area contributed by atoms with Crippen LogP contribution in [-0.2, 0) is 4.79 Å². The molecule has 2 atom stereocenters. The van der Waals surface area contributed by atoms with Gasteiger partial charge in [-0.2, -0.15) is 0 Å². The normalized spacial score (nSPS) is 14.7. The Hall–Kier alpha value is -1.42. The van der Waals surface area contributed by atoms with Gasteiger partial charge in [-0.05, 0) is 30.4 Å². The highest BCUT2D eigenvalue weighted by atomic mass is 19.1. The highest BCUT2D eigenvalue weighted by Gasteiger charge is 2.24. The molecule has 0 saturated heterocycles. The monoisotopic (exact) mass is 281 g/mol. The lowest BCUT2D eigenvalue weighted by molar-refractivity contribution is -0.123. The van der Waals surface area contributed by atoms with Crippen molar-refractivity contribution in [2.24, 2.45) is 5.41 Å². The summed E-state index contributed by atoms with van der Waals surface area (Å²) in [5.41, 5.74) is 0.375. The molecular formula is C16H24FNO2. The summed E-state index contributed by atoms with van der Waals surface area (Å²) in [7, 11) is 0. The molecule has 0 heterocycles. The molecule has 0 aliphatic rings. The highest BCUT2D eigenvalue weighted by molar-refractivity contribution is 5.83. The first-order valence-corrected chi connectivity index (χ1v) is 6.90. The van der Waals surface area contributed by atoms with E-state index in [1.807, 2.05) is 20.8 Å². The first-order valence-electron chi connectivity index (χ1n) is 6.90. The number of rotatable bonds is 5. The van der Waals surface area contributed by atoms with Gasteiger partial charge in [-0.25, -0.2) is 4.39 Å². The van der Waals surface area contributed by atoms with Crippen molar-refractivity contribution in [3.63, 3.8) is 0 Å². The van der Waals surface area contributed by atoms with Gasteiger partial charge < -0.3 is 10.4 Å². The maximum atomic E-state index is 13.7. The minimum absolute atomic E-state index is 0.00190. The van der Waals surface area contributed by atoms with E-state index < -0.39 is 5.92 Å². The second kappa shape index (κ2) is 6.84. The fourth-order valence-corrected chi connectivity index (χ4v) is 2.19. The van der Waals surface area contributed by atoms with Crippen molar-refractivity contribution in [3.05, 3.63) is 35.6 Å². The van der Waals surface area contributed by atoms with Gasteiger partial charge in [-0.15, -0.1) is 0 Å². The second-order valence-electron chi connectivity index (χ2n) is 6.40. The molecule has 0 spiro atoms. The van der Waals surface area contributed by atoms with Gasteiger partial charge >= 0.3 is 0 Å². The maximum Gasteiger partial charge on any atom is 0.227 e. The van der Waals surface area contributed by atoms with E-state index in [1.165, 1.54) is 6.07 Å². The molecule has 0 aromatic heterocycles. The molecule has 112 valence electrons. The number of hydrogen-bond acceptors (Lipinski definition) is 2. The zero-order valence-electron chi connectivity index (χ0n) is 12.6. The molecule has 0 fully saturated rings. The summed E-state index contributed by atoms with van der Waals surface area (Å²) in [4.78, 5) is 12.2. The molecule has 1 amide bonds. The van der Waals surface area contributed by atoms with E-state index in [4.69, 9.17) is 0 Å². The van der Waals surface area contributed by atoms with E-state index in [0.717, 1.165) is 0 Å². The molecular weight excluding hydrogens is 257 g/mol. The lowest BCUT2D eigenvalue weighted by Gasteiger charge is -2.26. The fourth-order valence-electron chi connectivity index (χ4n) is 2.19. The molecule has 2 unspecified atom stereocenters. The molecule has 0 saturated carbocycles. The molecule has 2 N–H and O–H groups in total. The SMILES string of the molecule is CC(C(=O)NC(CO)CC(C)(C)C)c1ccccc1F. The topological polar surface area (TPSA) is 49.3 Å². The minimum atomic E-state index is -0.579. The van der Waals surface area contributed by atoms with Crippen LogP contribution in [0.5, 0.6) is 0 Å². The third-order valence-corrected chi connectivity index (χ3v) is 3.19. The van der Waals surface area contributed by atoms with Crippen LogP contribution >= 0.6 is 0 Å². The first kappa shape index (κ1) is 16.6. The Morgan fingerprint density at radius 1 is 1.35 bits per heavy atom. The Bertz CT molecular complexity index is 454. The number of aliphatic hydroxyl groups excluding tert-OH is 1. The predicted octanol–water partition coefficient (Wildman–Crippen LogP) is 2.84. The molecule has 0 aliphatic heterocycles. The largest absolute Gasteiger partial charge is 0.394 e. The van der Waals surface area contributed by atoms with E-state index in [9.17, 15) is 14.3 Å². The Labute approximate surface area is 120 Å². The second-order valence-corrected chi connectivity index (χ2v) is 6.40. The van der Waals surface area contributed by atoms with Crippen LogP contribution in [-0.4, -0.2) is 23.7 Å². The van der Waals surface area contributed by atoms with E-state index in [0.29, 0.717) is 12.0 Å². The minimum Gasteiger partial charge on any atom is -0.394 e. The van der Waals surface area contributed by atoms with Gasteiger partial charge in [0.2, 0.25) is 5.91 Å². The number of aliphatic hydroxyl groups is 1. The summed E-state index contributed by atoms with van der Waals surface area (Å²) in [6.45, 7) is 7.68. The van der Waals surface area contributed by atoms with E-state index >= 15 is 0 Å². The Kier molecular flexibility index (Phi) is 5.69. The maximum absolute atomic E-state index is 13.7. The summed E-state index contributed by atoms with van der Waals surface area (Å²) >= 11 is 0. The van der Waals surface area contributed by atoms with E-state index in [1.54, 1.807) is 25.1 Å². The van der Waals surface area contributed by atoms with E-state index in [2.05, 4.69) is 5.32 Å². The lowest BCUT2D eigenvalue weighted by Crippen LogP contribution is -2.42. The van der Waals surface area contributed by atoms with Crippen molar-refractivity contribution < 1.29 is 14.3 Å². The summed E-state index contributed by atoms with van der Waals surface area (Å²) < 4.78 is 13.7. The van der Waals surface area contributed by atoms with Crippen molar-refractivity contribution in [1.29, 1.82) is 0 Å².